The second-order valence-corrected chi connectivity index (χ2v) is 6.82. The zero-order chi connectivity index (χ0) is 17.4. The molecule has 134 valence electrons. The van der Waals surface area contributed by atoms with Crippen molar-refractivity contribution in [2.45, 2.75) is 38.0 Å². The third-order valence-electron chi connectivity index (χ3n) is 5.07. The van der Waals surface area contributed by atoms with Crippen LogP contribution >= 0.6 is 0 Å². The van der Waals surface area contributed by atoms with Gasteiger partial charge in [-0.2, -0.15) is 0 Å². The van der Waals surface area contributed by atoms with Crippen LogP contribution in [0.2, 0.25) is 0 Å². The van der Waals surface area contributed by atoms with E-state index in [0.29, 0.717) is 32.2 Å². The van der Waals surface area contributed by atoms with Gasteiger partial charge in [0.15, 0.2) is 0 Å². The Hall–Kier alpha value is -1.96. The predicted molar refractivity (Wildman–Crippen MR) is 94.1 cm³/mol. The first-order chi connectivity index (χ1) is 12.1. The Labute approximate surface area is 145 Å². The highest BCUT2D eigenvalue weighted by molar-refractivity contribution is 5.83. The molecule has 3 atom stereocenters. The van der Waals surface area contributed by atoms with Crippen LogP contribution in [-0.4, -0.2) is 53.2 Å². The molecular formula is C18H23N3O4. The van der Waals surface area contributed by atoms with Crippen LogP contribution in [0.3, 0.4) is 0 Å². The largest absolute Gasteiger partial charge is 0.389 e. The lowest BCUT2D eigenvalue weighted by Gasteiger charge is -2.29. The molecule has 0 spiro atoms. The lowest BCUT2D eigenvalue weighted by Crippen LogP contribution is -2.42. The molecule has 0 aromatic carbocycles. The van der Waals surface area contributed by atoms with E-state index in [0.717, 1.165) is 29.3 Å². The molecule has 2 N–H and O–H groups in total. The summed E-state index contributed by atoms with van der Waals surface area (Å²) < 4.78 is 12.6. The quantitative estimate of drug-likeness (QED) is 0.870. The molecule has 7 heteroatoms. The van der Waals surface area contributed by atoms with Crippen molar-refractivity contribution in [3.8, 4) is 0 Å². The minimum atomic E-state index is -0.561. The Morgan fingerprint density at radius 3 is 2.80 bits per heavy atom. The summed E-state index contributed by atoms with van der Waals surface area (Å²) in [4.78, 5) is 17.1. The number of aliphatic hydroxyl groups excluding tert-OH is 1. The zero-order valence-electron chi connectivity index (χ0n) is 14.3. The van der Waals surface area contributed by atoms with Crippen molar-refractivity contribution in [1.82, 2.24) is 9.55 Å². The van der Waals surface area contributed by atoms with Crippen LogP contribution in [0.4, 0.5) is 5.82 Å². The van der Waals surface area contributed by atoms with Crippen molar-refractivity contribution in [3.05, 3.63) is 34.2 Å². The average Bonchev–Trinajstić information content (AvgIpc) is 3.11. The first-order valence-electron chi connectivity index (χ1n) is 8.75. The van der Waals surface area contributed by atoms with Gasteiger partial charge in [-0.25, -0.2) is 4.98 Å². The lowest BCUT2D eigenvalue weighted by molar-refractivity contribution is -0.0135. The van der Waals surface area contributed by atoms with Gasteiger partial charge in [0.2, 0.25) is 0 Å². The summed E-state index contributed by atoms with van der Waals surface area (Å²) >= 11 is 0. The summed E-state index contributed by atoms with van der Waals surface area (Å²) in [6.45, 7) is 4.11. The summed E-state index contributed by atoms with van der Waals surface area (Å²) in [6.07, 6.45) is 2.79. The number of hydrogen-bond acceptors (Lipinski definition) is 6. The molecule has 0 aliphatic carbocycles. The van der Waals surface area contributed by atoms with Crippen LogP contribution in [-0.2, 0) is 9.47 Å². The Kier molecular flexibility index (Phi) is 4.45. The van der Waals surface area contributed by atoms with E-state index in [1.165, 1.54) is 0 Å². The topological polar surface area (TPSA) is 85.6 Å². The van der Waals surface area contributed by atoms with Crippen molar-refractivity contribution in [3.63, 3.8) is 0 Å². The summed E-state index contributed by atoms with van der Waals surface area (Å²) in [5.41, 5.74) is 1.77. The third-order valence-corrected chi connectivity index (χ3v) is 5.07. The van der Waals surface area contributed by atoms with Crippen molar-refractivity contribution < 1.29 is 14.6 Å². The smallest absolute Gasteiger partial charge is 0.251 e. The molecule has 2 aliphatic heterocycles. The van der Waals surface area contributed by atoms with Gasteiger partial charge in [-0.15, -0.1) is 0 Å². The predicted octanol–water partition coefficient (Wildman–Crippen LogP) is 1.23. The van der Waals surface area contributed by atoms with Crippen LogP contribution in [0, 0.1) is 6.92 Å². The van der Waals surface area contributed by atoms with Gasteiger partial charge < -0.3 is 24.5 Å². The molecule has 4 rings (SSSR count). The van der Waals surface area contributed by atoms with E-state index in [9.17, 15) is 9.90 Å². The van der Waals surface area contributed by atoms with Gasteiger partial charge in [-0.05, 0) is 25.3 Å². The number of nitrogens with one attached hydrogen (secondary N) is 1. The molecule has 2 aliphatic rings. The van der Waals surface area contributed by atoms with E-state index in [-0.39, 0.29) is 17.6 Å². The Bertz CT molecular complexity index is 829. The summed E-state index contributed by atoms with van der Waals surface area (Å²) in [7, 11) is 0. The molecule has 0 amide bonds. The SMILES string of the molecule is Cc1cc(=O)n(C2CCOC2)c2cc(NC3CCOC[C@H]3O)ncc12. The molecule has 2 unspecified atom stereocenters. The molecule has 0 saturated carbocycles. The number of nitrogens with zero attached hydrogens (tertiary/aromatic N) is 2. The van der Waals surface area contributed by atoms with Crippen LogP contribution in [0.25, 0.3) is 10.9 Å². The molecule has 2 saturated heterocycles. The molecule has 2 fully saturated rings. The van der Waals surface area contributed by atoms with E-state index < -0.39 is 6.10 Å². The van der Waals surface area contributed by atoms with Crippen LogP contribution in [0.1, 0.15) is 24.4 Å². The highest BCUT2D eigenvalue weighted by atomic mass is 16.5. The number of ether oxygens (including phenoxy) is 2. The van der Waals surface area contributed by atoms with Crippen molar-refractivity contribution in [2.24, 2.45) is 0 Å². The maximum Gasteiger partial charge on any atom is 0.251 e. The van der Waals surface area contributed by atoms with Crippen molar-refractivity contribution >= 4 is 16.7 Å². The number of rotatable bonds is 3. The van der Waals surface area contributed by atoms with Crippen LogP contribution < -0.4 is 10.9 Å². The van der Waals surface area contributed by atoms with Crippen LogP contribution in [0.5, 0.6) is 0 Å². The maximum absolute atomic E-state index is 12.6. The zero-order valence-corrected chi connectivity index (χ0v) is 14.3. The van der Waals surface area contributed by atoms with Gasteiger partial charge in [0, 0.05) is 36.9 Å². The van der Waals surface area contributed by atoms with E-state index in [1.807, 2.05) is 17.6 Å². The minimum absolute atomic E-state index is 0.0104. The van der Waals surface area contributed by atoms with Crippen molar-refractivity contribution in [1.29, 1.82) is 0 Å². The van der Waals surface area contributed by atoms with E-state index in [2.05, 4.69) is 10.3 Å². The number of aryl methyl sites for hydroxylation is 1. The number of pyridine rings is 2. The van der Waals surface area contributed by atoms with Gasteiger partial charge in [0.25, 0.3) is 5.56 Å². The van der Waals surface area contributed by atoms with E-state index in [1.54, 1.807) is 12.3 Å². The monoisotopic (exact) mass is 345 g/mol. The highest BCUT2D eigenvalue weighted by Gasteiger charge is 2.25. The first kappa shape index (κ1) is 16.5. The molecule has 2 aromatic heterocycles. The number of aliphatic hydroxyl groups is 1. The standard InChI is InChI=1S/C18H23N3O4/c1-11-6-18(23)21(12-2-4-24-9-12)15-7-17(19-8-13(11)15)20-14-3-5-25-10-16(14)22/h6-8,12,14,16,22H,2-5,9-10H2,1H3,(H,19,20)/t12?,14?,16-/m1/s1. The summed E-state index contributed by atoms with van der Waals surface area (Å²) in [6, 6.07) is 3.53. The molecule has 0 radical (unpaired) electrons. The fourth-order valence-electron chi connectivity index (χ4n) is 3.66. The average molecular weight is 345 g/mol. The second-order valence-electron chi connectivity index (χ2n) is 6.82. The highest BCUT2D eigenvalue weighted by Crippen LogP contribution is 2.26. The molecule has 7 nitrogen and oxygen atoms in total. The minimum Gasteiger partial charge on any atom is -0.389 e. The molecule has 25 heavy (non-hydrogen) atoms. The molecule has 4 heterocycles. The molecule has 0 bridgehead atoms. The van der Waals surface area contributed by atoms with Gasteiger partial charge in [0.1, 0.15) is 5.82 Å². The maximum atomic E-state index is 12.6. The fourth-order valence-corrected chi connectivity index (χ4v) is 3.66. The summed E-state index contributed by atoms with van der Waals surface area (Å²) in [5, 5.41) is 14.3. The van der Waals surface area contributed by atoms with Crippen LogP contribution in [0.15, 0.2) is 23.1 Å². The second kappa shape index (κ2) is 6.74. The normalized spacial score (nSPS) is 26.9. The van der Waals surface area contributed by atoms with Gasteiger partial charge in [-0.1, -0.05) is 0 Å². The number of anilines is 1. The van der Waals surface area contributed by atoms with Gasteiger partial charge in [0.05, 0.1) is 36.9 Å². The number of fused-ring (bicyclic) bond motifs is 1. The molecule has 2 aromatic rings. The first-order valence-corrected chi connectivity index (χ1v) is 8.75. The van der Waals surface area contributed by atoms with Gasteiger partial charge in [-0.3, -0.25) is 4.79 Å². The number of hydrogen-bond donors (Lipinski definition) is 2. The Morgan fingerprint density at radius 1 is 1.24 bits per heavy atom. The van der Waals surface area contributed by atoms with Crippen molar-refractivity contribution in [2.75, 3.05) is 31.7 Å². The van der Waals surface area contributed by atoms with E-state index in [4.69, 9.17) is 9.47 Å². The van der Waals surface area contributed by atoms with Gasteiger partial charge >= 0.3 is 0 Å². The van der Waals surface area contributed by atoms with E-state index >= 15 is 0 Å². The lowest BCUT2D eigenvalue weighted by atomic mass is 10.1. The number of aromatic nitrogens is 2. The fraction of sp³-hybridized carbons (Fsp3) is 0.556. The molecular weight excluding hydrogens is 322 g/mol. The third kappa shape index (κ3) is 3.15. The Morgan fingerprint density at radius 2 is 2.04 bits per heavy atom. The summed E-state index contributed by atoms with van der Waals surface area (Å²) in [5.74, 6) is 0.663. The Balaban J connectivity index is 1.75.